The molecule has 206 valence electrons. The molecule has 1 aromatic heterocycles. The number of imide groups is 1. The molecule has 2 saturated carbocycles. The zero-order valence-electron chi connectivity index (χ0n) is 21.9. The van der Waals surface area contributed by atoms with Gasteiger partial charge in [-0.15, -0.1) is 11.8 Å². The van der Waals surface area contributed by atoms with Crippen LogP contribution in [-0.4, -0.2) is 58.6 Å². The first-order valence-corrected chi connectivity index (χ1v) is 15.0. The molecule has 3 fully saturated rings. The average molecular weight is 577 g/mol. The highest BCUT2D eigenvalue weighted by Gasteiger charge is 2.69. The summed E-state index contributed by atoms with van der Waals surface area (Å²) in [4.78, 5) is 59.7. The number of anilines is 2. The first kappa shape index (κ1) is 25.4. The third kappa shape index (κ3) is 3.81. The van der Waals surface area contributed by atoms with Gasteiger partial charge in [-0.1, -0.05) is 23.5 Å². The number of phenolic OH excluding ortho intramolecular Hbond substituents is 1. The van der Waals surface area contributed by atoms with E-state index in [0.717, 1.165) is 32.5 Å². The topological polar surface area (TPSA) is 123 Å². The van der Waals surface area contributed by atoms with Gasteiger partial charge in [-0.2, -0.15) is 0 Å². The van der Waals surface area contributed by atoms with Crippen molar-refractivity contribution >= 4 is 52.2 Å². The predicted octanol–water partition coefficient (Wildman–Crippen LogP) is 3.32. The van der Waals surface area contributed by atoms with E-state index >= 15 is 0 Å². The summed E-state index contributed by atoms with van der Waals surface area (Å²) in [5, 5.41) is 13.2. The number of nitrogens with zero attached hydrogens (tertiary/aromatic N) is 2. The first-order chi connectivity index (χ1) is 19.2. The van der Waals surface area contributed by atoms with E-state index in [-0.39, 0.29) is 57.9 Å². The molecule has 3 N–H and O–H groups in total. The van der Waals surface area contributed by atoms with Crippen LogP contribution in [0.4, 0.5) is 11.4 Å². The van der Waals surface area contributed by atoms with Crippen molar-refractivity contribution in [3.05, 3.63) is 68.6 Å². The third-order valence-electron chi connectivity index (χ3n) is 9.04. The highest BCUT2D eigenvalue weighted by molar-refractivity contribution is 8.00. The standard InChI is InChI=1S/C29H28N4O5S2/c1-32(2)15-7-3-13(4-8-15)20-21-17-11-18(24(21)39-26-25(20)40-29(38)31-26)23-22(17)27(36)33(28(23)37)12-19(35)30-14-5-9-16(34)10-6-14/h3-10,17-18,20-24,34H,11-12H2,1-2H3,(H,30,35)(H,31,38)/t17?,18?,20-,21?,22?,23?,24?/m1/s1. The van der Waals surface area contributed by atoms with Crippen LogP contribution in [0.5, 0.6) is 5.75 Å². The summed E-state index contributed by atoms with van der Waals surface area (Å²) in [6, 6.07) is 14.4. The number of thiazole rings is 1. The van der Waals surface area contributed by atoms with Gasteiger partial charge >= 0.3 is 4.87 Å². The van der Waals surface area contributed by atoms with Crippen molar-refractivity contribution in [2.24, 2.45) is 29.6 Å². The maximum Gasteiger partial charge on any atom is 0.305 e. The lowest BCUT2D eigenvalue weighted by molar-refractivity contribution is -0.143. The second-order valence-electron chi connectivity index (χ2n) is 11.3. The number of benzene rings is 2. The monoisotopic (exact) mass is 576 g/mol. The molecule has 11 heteroatoms. The molecule has 6 unspecified atom stereocenters. The molecule has 0 radical (unpaired) electrons. The maximum absolute atomic E-state index is 13.7. The normalized spacial score (nSPS) is 29.8. The molecule has 7 rings (SSSR count). The minimum atomic E-state index is -0.454. The fourth-order valence-corrected chi connectivity index (χ4v) is 10.4. The van der Waals surface area contributed by atoms with Gasteiger partial charge in [-0.05, 0) is 66.1 Å². The number of amides is 3. The Hall–Kier alpha value is -3.57. The Bertz CT molecular complexity index is 1580. The molecule has 3 heterocycles. The summed E-state index contributed by atoms with van der Waals surface area (Å²) in [6.07, 6.45) is 0.800. The third-order valence-corrected chi connectivity index (χ3v) is 11.6. The van der Waals surface area contributed by atoms with Gasteiger partial charge in [-0.3, -0.25) is 24.1 Å². The van der Waals surface area contributed by atoms with Crippen LogP contribution >= 0.6 is 23.1 Å². The van der Waals surface area contributed by atoms with Crippen LogP contribution < -0.4 is 15.1 Å². The van der Waals surface area contributed by atoms with E-state index in [0.29, 0.717) is 5.69 Å². The van der Waals surface area contributed by atoms with Crippen LogP contribution in [0.1, 0.15) is 22.8 Å². The number of aromatic nitrogens is 1. The molecule has 3 aromatic rings. The Morgan fingerprint density at radius 3 is 2.38 bits per heavy atom. The van der Waals surface area contributed by atoms with Crippen molar-refractivity contribution in [3.8, 4) is 5.75 Å². The molecule has 40 heavy (non-hydrogen) atoms. The Morgan fingerprint density at radius 2 is 1.70 bits per heavy atom. The highest BCUT2D eigenvalue weighted by atomic mass is 32.2. The Kier molecular flexibility index (Phi) is 5.87. The predicted molar refractivity (Wildman–Crippen MR) is 153 cm³/mol. The second kappa shape index (κ2) is 9.24. The van der Waals surface area contributed by atoms with E-state index in [4.69, 9.17) is 0 Å². The SMILES string of the molecule is CN(C)c1ccc([C@H]2c3sc(=O)[nH]c3SC3C4CC(C5C(=O)N(CC(=O)Nc6ccc(O)cc6)C(=O)C45)C32)cc1. The van der Waals surface area contributed by atoms with Crippen molar-refractivity contribution in [1.29, 1.82) is 0 Å². The fraction of sp³-hybridized carbons (Fsp3) is 0.379. The highest BCUT2D eigenvalue weighted by Crippen LogP contribution is 2.68. The molecular formula is C29H28N4O5S2. The van der Waals surface area contributed by atoms with Crippen molar-refractivity contribution in [1.82, 2.24) is 9.88 Å². The van der Waals surface area contributed by atoms with Crippen molar-refractivity contribution in [2.45, 2.75) is 22.6 Å². The lowest BCUT2D eigenvalue weighted by Gasteiger charge is -2.43. The number of aromatic amines is 1. The number of H-pyrrole nitrogens is 1. The van der Waals surface area contributed by atoms with E-state index < -0.39 is 17.7 Å². The van der Waals surface area contributed by atoms with Gasteiger partial charge in [0.2, 0.25) is 17.7 Å². The number of likely N-dealkylation sites (tertiary alicyclic amines) is 1. The summed E-state index contributed by atoms with van der Waals surface area (Å²) < 4.78 is 0. The van der Waals surface area contributed by atoms with Crippen molar-refractivity contribution < 1.29 is 19.5 Å². The van der Waals surface area contributed by atoms with Crippen LogP contribution in [0, 0.1) is 29.6 Å². The summed E-state index contributed by atoms with van der Waals surface area (Å²) in [6.45, 7) is -0.330. The van der Waals surface area contributed by atoms with E-state index in [1.54, 1.807) is 23.9 Å². The summed E-state index contributed by atoms with van der Waals surface area (Å²) >= 11 is 2.90. The number of carbonyl (C=O) groups is 3. The number of phenols is 1. The van der Waals surface area contributed by atoms with E-state index in [1.807, 2.05) is 19.0 Å². The molecule has 2 aliphatic heterocycles. The maximum atomic E-state index is 13.7. The number of aromatic hydroxyl groups is 1. The number of hydrogen-bond acceptors (Lipinski definition) is 8. The molecule has 3 amide bonds. The summed E-state index contributed by atoms with van der Waals surface area (Å²) in [7, 11) is 3.99. The van der Waals surface area contributed by atoms with Gasteiger partial charge in [0.15, 0.2) is 0 Å². The summed E-state index contributed by atoms with van der Waals surface area (Å²) in [5.74, 6) is -1.70. The Balaban J connectivity index is 1.18. The zero-order chi connectivity index (χ0) is 27.9. The van der Waals surface area contributed by atoms with Crippen LogP contribution in [0.15, 0.2) is 58.4 Å². The fourth-order valence-electron chi connectivity index (χ4n) is 7.48. The van der Waals surface area contributed by atoms with Crippen LogP contribution in [0.2, 0.25) is 0 Å². The van der Waals surface area contributed by atoms with Gasteiger partial charge in [0.25, 0.3) is 0 Å². The van der Waals surface area contributed by atoms with Crippen LogP contribution in [-0.2, 0) is 14.4 Å². The first-order valence-electron chi connectivity index (χ1n) is 13.3. The van der Waals surface area contributed by atoms with E-state index in [9.17, 15) is 24.3 Å². The molecule has 0 spiro atoms. The molecule has 1 saturated heterocycles. The Labute approximate surface area is 238 Å². The lowest BCUT2D eigenvalue weighted by atomic mass is 9.68. The average Bonchev–Trinajstić information content (AvgIpc) is 3.66. The smallest absolute Gasteiger partial charge is 0.305 e. The number of hydrogen-bond donors (Lipinski definition) is 3. The minimum Gasteiger partial charge on any atom is -0.508 e. The second-order valence-corrected chi connectivity index (χ2v) is 13.5. The van der Waals surface area contributed by atoms with Gasteiger partial charge < -0.3 is 20.3 Å². The number of rotatable bonds is 5. The van der Waals surface area contributed by atoms with E-state index in [1.165, 1.54) is 23.5 Å². The molecule has 9 nitrogen and oxygen atoms in total. The van der Waals surface area contributed by atoms with Gasteiger partial charge in [-0.25, -0.2) is 0 Å². The molecule has 2 aliphatic carbocycles. The summed E-state index contributed by atoms with van der Waals surface area (Å²) in [5.41, 5.74) is 2.68. The lowest BCUT2D eigenvalue weighted by Crippen LogP contribution is -2.42. The number of fused-ring (bicyclic) bond motifs is 9. The molecular weight excluding hydrogens is 548 g/mol. The van der Waals surface area contributed by atoms with Crippen LogP contribution in [0.25, 0.3) is 0 Å². The molecule has 2 bridgehead atoms. The minimum absolute atomic E-state index is 0.00186. The number of thioether (sulfide) groups is 1. The van der Waals surface area contributed by atoms with Crippen molar-refractivity contribution in [3.63, 3.8) is 0 Å². The Morgan fingerprint density at radius 1 is 1.02 bits per heavy atom. The molecule has 4 aliphatic rings. The molecule has 7 atom stereocenters. The van der Waals surface area contributed by atoms with Gasteiger partial charge in [0.05, 0.1) is 16.9 Å². The number of carbonyl (C=O) groups excluding carboxylic acids is 3. The van der Waals surface area contributed by atoms with E-state index in [2.05, 4.69) is 34.6 Å². The van der Waals surface area contributed by atoms with Gasteiger partial charge in [0.1, 0.15) is 12.3 Å². The number of nitrogens with one attached hydrogen (secondary N) is 2. The zero-order valence-corrected chi connectivity index (χ0v) is 23.5. The van der Waals surface area contributed by atoms with Gasteiger partial charge in [0, 0.05) is 41.5 Å². The largest absolute Gasteiger partial charge is 0.508 e. The van der Waals surface area contributed by atoms with Crippen LogP contribution in [0.3, 0.4) is 0 Å². The van der Waals surface area contributed by atoms with Crippen molar-refractivity contribution in [2.75, 3.05) is 30.9 Å². The molecule has 2 aromatic carbocycles. The quantitative estimate of drug-likeness (QED) is 0.315.